The van der Waals surface area contributed by atoms with E-state index < -0.39 is 0 Å². The summed E-state index contributed by atoms with van der Waals surface area (Å²) in [4.78, 5) is 7.25. The number of guanidine groups is 1. The summed E-state index contributed by atoms with van der Waals surface area (Å²) in [6, 6.07) is 9.35. The van der Waals surface area contributed by atoms with Crippen LogP contribution in [-0.2, 0) is 0 Å². The van der Waals surface area contributed by atoms with Crippen molar-refractivity contribution in [3.8, 4) is 0 Å². The lowest BCUT2D eigenvalue weighted by Gasteiger charge is -2.43. The van der Waals surface area contributed by atoms with Gasteiger partial charge in [0.1, 0.15) is 0 Å². The molecule has 2 aliphatic rings. The zero-order valence-electron chi connectivity index (χ0n) is 12.9. The lowest BCUT2D eigenvalue weighted by Crippen LogP contribution is -2.49. The van der Waals surface area contributed by atoms with E-state index in [1.807, 2.05) is 12.1 Å². The van der Waals surface area contributed by atoms with Crippen LogP contribution in [0.4, 0.5) is 5.69 Å². The first kappa shape index (κ1) is 14.4. The number of nitrogens with zero attached hydrogens (tertiary/aromatic N) is 2. The van der Waals surface area contributed by atoms with Gasteiger partial charge in [0, 0.05) is 11.7 Å². The number of likely N-dealkylation sites (tertiary alicyclic amines) is 1. The van der Waals surface area contributed by atoms with Crippen molar-refractivity contribution in [2.75, 3.05) is 18.4 Å². The second-order valence-electron chi connectivity index (χ2n) is 6.38. The van der Waals surface area contributed by atoms with Gasteiger partial charge in [-0.2, -0.15) is 0 Å². The number of anilines is 1. The molecule has 1 aromatic rings. The van der Waals surface area contributed by atoms with Gasteiger partial charge in [0.05, 0.1) is 6.04 Å². The van der Waals surface area contributed by atoms with Crippen molar-refractivity contribution in [3.05, 3.63) is 29.8 Å². The fourth-order valence-electron chi connectivity index (χ4n) is 3.35. The molecule has 1 aromatic carbocycles. The van der Waals surface area contributed by atoms with Crippen LogP contribution < -0.4 is 11.1 Å². The number of hydrogen-bond acceptors (Lipinski definition) is 2. The minimum Gasteiger partial charge on any atom is -0.370 e. The van der Waals surface area contributed by atoms with Crippen LogP contribution in [-0.4, -0.2) is 36.0 Å². The van der Waals surface area contributed by atoms with Crippen LogP contribution in [0.15, 0.2) is 29.3 Å². The molecule has 0 atom stereocenters. The van der Waals surface area contributed by atoms with E-state index in [0.29, 0.717) is 12.0 Å². The van der Waals surface area contributed by atoms with Crippen molar-refractivity contribution in [3.63, 3.8) is 0 Å². The van der Waals surface area contributed by atoms with E-state index in [-0.39, 0.29) is 0 Å². The Balaban J connectivity index is 1.48. The Kier molecular flexibility index (Phi) is 4.44. The molecule has 1 aliphatic carbocycles. The van der Waals surface area contributed by atoms with Gasteiger partial charge in [-0.05, 0) is 63.4 Å². The molecule has 1 heterocycles. The molecule has 3 rings (SSSR count). The molecule has 0 unspecified atom stereocenters. The maximum atomic E-state index is 6.02. The van der Waals surface area contributed by atoms with E-state index in [9.17, 15) is 0 Å². The van der Waals surface area contributed by atoms with Gasteiger partial charge in [-0.1, -0.05) is 18.6 Å². The topological polar surface area (TPSA) is 53.6 Å². The zero-order chi connectivity index (χ0) is 14.7. The average Bonchev–Trinajstić information content (AvgIpc) is 2.43. The summed E-state index contributed by atoms with van der Waals surface area (Å²) >= 11 is 0. The fourth-order valence-corrected chi connectivity index (χ4v) is 3.35. The number of nitrogens with one attached hydrogen (secondary N) is 1. The van der Waals surface area contributed by atoms with E-state index in [1.54, 1.807) is 0 Å². The summed E-state index contributed by atoms with van der Waals surface area (Å²) in [6.07, 6.45) is 6.45. The standard InChI is InChI=1S/C17H26N4/c1-13-6-5-7-14(10-13)19-17(18)20-15-11-16(12-15)21-8-3-2-4-9-21/h5-7,10,15-16H,2-4,8-9,11-12H2,1H3,(H3,18,19,20). The van der Waals surface area contributed by atoms with E-state index in [1.165, 1.54) is 37.9 Å². The number of rotatable bonds is 3. The second kappa shape index (κ2) is 6.48. The Hall–Kier alpha value is -1.55. The van der Waals surface area contributed by atoms with Gasteiger partial charge in [-0.3, -0.25) is 0 Å². The van der Waals surface area contributed by atoms with Crippen molar-refractivity contribution in [2.45, 2.75) is 51.1 Å². The number of aliphatic imine (C=N–C) groups is 1. The molecule has 1 saturated carbocycles. The van der Waals surface area contributed by atoms with Crippen molar-refractivity contribution < 1.29 is 0 Å². The van der Waals surface area contributed by atoms with E-state index in [4.69, 9.17) is 5.73 Å². The zero-order valence-corrected chi connectivity index (χ0v) is 12.9. The predicted octanol–water partition coefficient (Wildman–Crippen LogP) is 2.74. The first-order chi connectivity index (χ1) is 10.2. The summed E-state index contributed by atoms with van der Waals surface area (Å²) in [6.45, 7) is 4.63. The Labute approximate surface area is 127 Å². The molecule has 4 nitrogen and oxygen atoms in total. The minimum atomic E-state index is 0.397. The van der Waals surface area contributed by atoms with Gasteiger partial charge in [0.2, 0.25) is 0 Å². The first-order valence-electron chi connectivity index (χ1n) is 8.12. The molecule has 4 heteroatoms. The van der Waals surface area contributed by atoms with Gasteiger partial charge in [-0.25, -0.2) is 4.99 Å². The second-order valence-corrected chi connectivity index (χ2v) is 6.38. The number of aryl methyl sites for hydroxylation is 1. The van der Waals surface area contributed by atoms with Crippen molar-refractivity contribution >= 4 is 11.6 Å². The van der Waals surface area contributed by atoms with Gasteiger partial charge in [-0.15, -0.1) is 0 Å². The Morgan fingerprint density at radius 2 is 2.00 bits per heavy atom. The highest BCUT2D eigenvalue weighted by Gasteiger charge is 2.33. The maximum Gasteiger partial charge on any atom is 0.193 e. The Morgan fingerprint density at radius 1 is 1.24 bits per heavy atom. The number of piperidine rings is 1. The molecule has 0 aromatic heterocycles. The first-order valence-corrected chi connectivity index (χ1v) is 8.12. The van der Waals surface area contributed by atoms with Crippen molar-refractivity contribution in [2.24, 2.45) is 10.7 Å². The molecule has 2 fully saturated rings. The van der Waals surface area contributed by atoms with Gasteiger partial charge in [0.15, 0.2) is 5.96 Å². The van der Waals surface area contributed by atoms with Crippen molar-refractivity contribution in [1.29, 1.82) is 0 Å². The third kappa shape index (κ3) is 3.76. The highest BCUT2D eigenvalue weighted by atomic mass is 15.2. The average molecular weight is 286 g/mol. The van der Waals surface area contributed by atoms with Gasteiger partial charge < -0.3 is 16.0 Å². The maximum absolute atomic E-state index is 6.02. The van der Waals surface area contributed by atoms with Crippen molar-refractivity contribution in [1.82, 2.24) is 4.90 Å². The van der Waals surface area contributed by atoms with Crippen LogP contribution in [0.2, 0.25) is 0 Å². The van der Waals surface area contributed by atoms with Crippen LogP contribution in [0.25, 0.3) is 0 Å². The smallest absolute Gasteiger partial charge is 0.193 e. The largest absolute Gasteiger partial charge is 0.370 e. The summed E-state index contributed by atoms with van der Waals surface area (Å²) < 4.78 is 0. The van der Waals surface area contributed by atoms with E-state index >= 15 is 0 Å². The minimum absolute atomic E-state index is 0.397. The molecular formula is C17H26N4. The normalized spacial score (nSPS) is 27.2. The van der Waals surface area contributed by atoms with E-state index in [0.717, 1.165) is 24.6 Å². The molecule has 0 radical (unpaired) electrons. The Bertz CT molecular complexity index is 499. The molecule has 0 bridgehead atoms. The molecule has 21 heavy (non-hydrogen) atoms. The molecular weight excluding hydrogens is 260 g/mol. The predicted molar refractivity (Wildman–Crippen MR) is 88.7 cm³/mol. The molecule has 0 spiro atoms. The molecule has 1 aliphatic heterocycles. The van der Waals surface area contributed by atoms with Crippen LogP contribution in [0.3, 0.4) is 0 Å². The van der Waals surface area contributed by atoms with Crippen LogP contribution in [0, 0.1) is 6.92 Å². The highest BCUT2D eigenvalue weighted by Crippen LogP contribution is 2.30. The van der Waals surface area contributed by atoms with Crippen LogP contribution in [0.1, 0.15) is 37.7 Å². The number of benzene rings is 1. The quantitative estimate of drug-likeness (QED) is 0.663. The van der Waals surface area contributed by atoms with Crippen LogP contribution >= 0.6 is 0 Å². The third-order valence-corrected chi connectivity index (χ3v) is 4.61. The van der Waals surface area contributed by atoms with Gasteiger partial charge in [0.25, 0.3) is 0 Å². The molecule has 114 valence electrons. The molecule has 1 saturated heterocycles. The summed E-state index contributed by atoms with van der Waals surface area (Å²) in [7, 11) is 0. The summed E-state index contributed by atoms with van der Waals surface area (Å²) in [5, 5.41) is 3.19. The van der Waals surface area contributed by atoms with Gasteiger partial charge >= 0.3 is 0 Å². The molecule has 3 N–H and O–H groups in total. The SMILES string of the molecule is Cc1cccc(NC(N)=NC2CC(N3CCCCC3)C2)c1. The van der Waals surface area contributed by atoms with Crippen LogP contribution in [0.5, 0.6) is 0 Å². The third-order valence-electron chi connectivity index (χ3n) is 4.61. The lowest BCUT2D eigenvalue weighted by atomic mass is 9.85. The number of hydrogen-bond donors (Lipinski definition) is 2. The monoisotopic (exact) mass is 286 g/mol. The number of nitrogens with two attached hydrogens (primary N) is 1. The molecule has 0 amide bonds. The summed E-state index contributed by atoms with van der Waals surface area (Å²) in [5.41, 5.74) is 8.26. The fraction of sp³-hybridized carbons (Fsp3) is 0.588. The Morgan fingerprint density at radius 3 is 2.71 bits per heavy atom. The highest BCUT2D eigenvalue weighted by molar-refractivity contribution is 5.92. The van der Waals surface area contributed by atoms with E-state index in [2.05, 4.69) is 34.3 Å². The lowest BCUT2D eigenvalue weighted by molar-refractivity contribution is 0.0912. The summed E-state index contributed by atoms with van der Waals surface area (Å²) in [5.74, 6) is 0.544.